The van der Waals surface area contributed by atoms with E-state index in [9.17, 15) is 0 Å². The van der Waals surface area contributed by atoms with Gasteiger partial charge in [0, 0.05) is 43.0 Å². The van der Waals surface area contributed by atoms with Crippen LogP contribution in [-0.4, -0.2) is 46.2 Å². The molecule has 3 rings (SSSR count). The minimum absolute atomic E-state index is 0.637. The van der Waals surface area contributed by atoms with Crippen LogP contribution in [0.4, 0.5) is 11.6 Å². The zero-order chi connectivity index (χ0) is 16.2. The molecule has 8 heteroatoms. The summed E-state index contributed by atoms with van der Waals surface area (Å²) in [6.07, 6.45) is 3.52. The molecule has 1 aromatic carbocycles. The van der Waals surface area contributed by atoms with Gasteiger partial charge < -0.3 is 15.1 Å². The van der Waals surface area contributed by atoms with Crippen molar-refractivity contribution in [3.8, 4) is 0 Å². The Hall–Kier alpha value is -1.44. The minimum Gasteiger partial charge on any atom is -0.345 e. The molecule has 2 aromatic rings. The molecule has 0 saturated carbocycles. The van der Waals surface area contributed by atoms with Gasteiger partial charge in [-0.05, 0) is 36.5 Å². The van der Waals surface area contributed by atoms with Gasteiger partial charge in [0.25, 0.3) is 0 Å². The predicted molar refractivity (Wildman–Crippen MR) is 101 cm³/mol. The van der Waals surface area contributed by atoms with Crippen molar-refractivity contribution < 1.29 is 0 Å². The molecule has 0 aliphatic carbocycles. The molecule has 1 saturated heterocycles. The Morgan fingerprint density at radius 3 is 2.52 bits per heavy atom. The number of benzene rings is 1. The van der Waals surface area contributed by atoms with Gasteiger partial charge in [-0.2, -0.15) is 0 Å². The molecule has 5 nitrogen and oxygen atoms in total. The van der Waals surface area contributed by atoms with Crippen LogP contribution < -0.4 is 10.2 Å². The number of aromatic nitrogens is 2. The van der Waals surface area contributed by atoms with Gasteiger partial charge in [0.2, 0.25) is 5.95 Å². The van der Waals surface area contributed by atoms with Crippen LogP contribution in [0.25, 0.3) is 0 Å². The molecular formula is C15H15BrClN5S. The highest BCUT2D eigenvalue weighted by Gasteiger charge is 2.20. The highest BCUT2D eigenvalue weighted by Crippen LogP contribution is 2.26. The molecule has 0 amide bonds. The summed E-state index contributed by atoms with van der Waals surface area (Å²) in [5.74, 6) is 0.766. The topological polar surface area (TPSA) is 44.3 Å². The van der Waals surface area contributed by atoms with E-state index in [1.807, 2.05) is 24.3 Å². The predicted octanol–water partition coefficient (Wildman–Crippen LogP) is 3.41. The first-order valence-corrected chi connectivity index (χ1v) is 8.74. The number of anilines is 2. The second-order valence-corrected chi connectivity index (χ2v) is 6.79. The maximum Gasteiger partial charge on any atom is 0.225 e. The van der Waals surface area contributed by atoms with Crippen LogP contribution in [-0.2, 0) is 0 Å². The third-order valence-corrected chi connectivity index (χ3v) is 4.74. The van der Waals surface area contributed by atoms with Crippen LogP contribution in [0.5, 0.6) is 0 Å². The van der Waals surface area contributed by atoms with E-state index in [0.717, 1.165) is 42.3 Å². The van der Waals surface area contributed by atoms with Crippen LogP contribution in [0.3, 0.4) is 0 Å². The number of hydrogen-bond donors (Lipinski definition) is 1. The highest BCUT2D eigenvalue weighted by atomic mass is 79.9. The van der Waals surface area contributed by atoms with E-state index >= 15 is 0 Å². The van der Waals surface area contributed by atoms with Gasteiger partial charge in [0.1, 0.15) is 0 Å². The molecule has 2 heterocycles. The van der Waals surface area contributed by atoms with Gasteiger partial charge in [-0.1, -0.05) is 27.5 Å². The fraction of sp³-hybridized carbons (Fsp3) is 0.267. The van der Waals surface area contributed by atoms with Crippen LogP contribution >= 0.6 is 39.7 Å². The Morgan fingerprint density at radius 1 is 1.17 bits per heavy atom. The molecule has 0 radical (unpaired) electrons. The number of rotatable bonds is 2. The normalized spacial score (nSPS) is 14.7. The SMILES string of the molecule is S=C(Nc1ccc(Br)cc1Cl)N1CCN(c2ncccn2)CC1. The van der Waals surface area contributed by atoms with Crippen LogP contribution in [0.1, 0.15) is 0 Å². The lowest BCUT2D eigenvalue weighted by Gasteiger charge is -2.36. The van der Waals surface area contributed by atoms with E-state index in [4.69, 9.17) is 23.8 Å². The molecule has 1 aromatic heterocycles. The maximum absolute atomic E-state index is 6.22. The number of piperazine rings is 1. The number of halogens is 2. The highest BCUT2D eigenvalue weighted by molar-refractivity contribution is 9.10. The molecule has 0 spiro atoms. The molecule has 0 bridgehead atoms. The maximum atomic E-state index is 6.22. The van der Waals surface area contributed by atoms with Crippen molar-refractivity contribution in [3.63, 3.8) is 0 Å². The van der Waals surface area contributed by atoms with Crippen molar-refractivity contribution in [3.05, 3.63) is 46.2 Å². The molecule has 23 heavy (non-hydrogen) atoms. The second kappa shape index (κ2) is 7.42. The van der Waals surface area contributed by atoms with Crippen LogP contribution in [0.2, 0.25) is 5.02 Å². The molecule has 120 valence electrons. The number of nitrogens with one attached hydrogen (secondary N) is 1. The van der Waals surface area contributed by atoms with Crippen molar-refractivity contribution in [1.82, 2.24) is 14.9 Å². The Labute approximate surface area is 153 Å². The van der Waals surface area contributed by atoms with Crippen molar-refractivity contribution in [1.29, 1.82) is 0 Å². The zero-order valence-electron chi connectivity index (χ0n) is 12.2. The van der Waals surface area contributed by atoms with Gasteiger partial charge in [0.05, 0.1) is 10.7 Å². The Bertz CT molecular complexity index is 692. The zero-order valence-corrected chi connectivity index (χ0v) is 15.4. The van der Waals surface area contributed by atoms with Gasteiger partial charge >= 0.3 is 0 Å². The van der Waals surface area contributed by atoms with Crippen molar-refractivity contribution in [2.75, 3.05) is 36.4 Å². The first-order chi connectivity index (χ1) is 11.1. The molecule has 0 unspecified atom stereocenters. The van der Waals surface area contributed by atoms with Crippen molar-refractivity contribution in [2.24, 2.45) is 0 Å². The Morgan fingerprint density at radius 2 is 1.87 bits per heavy atom. The van der Waals surface area contributed by atoms with Crippen LogP contribution in [0.15, 0.2) is 41.1 Å². The summed E-state index contributed by atoms with van der Waals surface area (Å²) >= 11 is 15.1. The first kappa shape index (κ1) is 16.4. The fourth-order valence-electron chi connectivity index (χ4n) is 2.35. The fourth-order valence-corrected chi connectivity index (χ4v) is 3.36. The second-order valence-electron chi connectivity index (χ2n) is 5.08. The van der Waals surface area contributed by atoms with Crippen molar-refractivity contribution in [2.45, 2.75) is 0 Å². The van der Waals surface area contributed by atoms with E-state index < -0.39 is 0 Å². The number of nitrogens with zero attached hydrogens (tertiary/aromatic N) is 4. The molecule has 0 atom stereocenters. The Kier molecular flexibility index (Phi) is 5.30. The van der Waals surface area contributed by atoms with E-state index in [1.54, 1.807) is 12.4 Å². The summed E-state index contributed by atoms with van der Waals surface area (Å²) in [5.41, 5.74) is 0.814. The average molecular weight is 413 g/mol. The quantitative estimate of drug-likeness (QED) is 0.763. The molecule has 1 aliphatic rings. The molecule has 1 aliphatic heterocycles. The van der Waals surface area contributed by atoms with Gasteiger partial charge in [-0.3, -0.25) is 0 Å². The smallest absolute Gasteiger partial charge is 0.225 e. The van der Waals surface area contributed by atoms with E-state index in [2.05, 4.69) is 41.0 Å². The van der Waals surface area contributed by atoms with Gasteiger partial charge in [0.15, 0.2) is 5.11 Å². The lowest BCUT2D eigenvalue weighted by molar-refractivity contribution is 0.388. The summed E-state index contributed by atoms with van der Waals surface area (Å²) in [7, 11) is 0. The summed E-state index contributed by atoms with van der Waals surface area (Å²) in [6.45, 7) is 3.30. The van der Waals surface area contributed by atoms with Gasteiger partial charge in [-0.25, -0.2) is 9.97 Å². The summed E-state index contributed by atoms with van der Waals surface area (Å²) < 4.78 is 0.940. The molecule has 1 fully saturated rings. The van der Waals surface area contributed by atoms with Gasteiger partial charge in [-0.15, -0.1) is 0 Å². The number of hydrogen-bond acceptors (Lipinski definition) is 4. The first-order valence-electron chi connectivity index (χ1n) is 7.16. The van der Waals surface area contributed by atoms with E-state index in [1.165, 1.54) is 0 Å². The summed E-state index contributed by atoms with van der Waals surface area (Å²) in [5, 5.41) is 4.54. The van der Waals surface area contributed by atoms with E-state index in [-0.39, 0.29) is 0 Å². The standard InChI is InChI=1S/C15H15BrClN5S/c16-11-2-3-13(12(17)10-11)20-15(23)22-8-6-21(7-9-22)14-18-4-1-5-19-14/h1-5,10H,6-9H2,(H,20,23). The van der Waals surface area contributed by atoms with Crippen molar-refractivity contribution >= 4 is 56.5 Å². The lowest BCUT2D eigenvalue weighted by atomic mass is 10.3. The Balaban J connectivity index is 1.58. The number of thiocarbonyl (C=S) groups is 1. The summed E-state index contributed by atoms with van der Waals surface area (Å²) in [6, 6.07) is 7.51. The largest absolute Gasteiger partial charge is 0.345 e. The van der Waals surface area contributed by atoms with Crippen LogP contribution in [0, 0.1) is 0 Å². The lowest BCUT2D eigenvalue weighted by Crippen LogP contribution is -2.50. The monoisotopic (exact) mass is 411 g/mol. The summed E-state index contributed by atoms with van der Waals surface area (Å²) in [4.78, 5) is 12.9. The third kappa shape index (κ3) is 4.10. The minimum atomic E-state index is 0.637. The molecular weight excluding hydrogens is 398 g/mol. The average Bonchev–Trinajstić information content (AvgIpc) is 2.58. The van der Waals surface area contributed by atoms with E-state index in [0.29, 0.717) is 10.1 Å². The molecule has 1 N–H and O–H groups in total. The third-order valence-electron chi connectivity index (χ3n) is 3.57.